The average molecular weight is 263 g/mol. The van der Waals surface area contributed by atoms with Crippen LogP contribution in [0.2, 0.25) is 0 Å². The zero-order chi connectivity index (χ0) is 12.8. The van der Waals surface area contributed by atoms with E-state index in [0.717, 1.165) is 42.7 Å². The molecule has 5 nitrogen and oxygen atoms in total. The molecule has 0 bridgehead atoms. The van der Waals surface area contributed by atoms with Crippen LogP contribution in [-0.4, -0.2) is 28.0 Å². The molecule has 0 radical (unpaired) electrons. The number of hydrogen-bond donors (Lipinski definition) is 2. The minimum Gasteiger partial charge on any atom is -0.370 e. The number of hydrogen-bond acceptors (Lipinski definition) is 6. The molecule has 2 aromatic heterocycles. The number of nitrogens with one attached hydrogen (secondary N) is 2. The van der Waals surface area contributed by atoms with Crippen LogP contribution in [0, 0.1) is 6.92 Å². The van der Waals surface area contributed by atoms with Crippen molar-refractivity contribution in [1.29, 1.82) is 0 Å². The first-order valence-corrected chi connectivity index (χ1v) is 6.92. The lowest BCUT2D eigenvalue weighted by molar-refractivity contribution is 0.953. The molecule has 0 fully saturated rings. The van der Waals surface area contributed by atoms with Crippen LogP contribution in [0.3, 0.4) is 0 Å². The quantitative estimate of drug-likeness (QED) is 0.837. The van der Waals surface area contributed by atoms with Crippen molar-refractivity contribution in [1.82, 2.24) is 15.0 Å². The summed E-state index contributed by atoms with van der Waals surface area (Å²) in [5, 5.41) is 8.55. The molecule has 0 amide bonds. The molecule has 0 spiro atoms. The number of nitrogens with zero attached hydrogens (tertiary/aromatic N) is 3. The number of thiazole rings is 1. The minimum atomic E-state index is 0.768. The second-order valence-corrected chi connectivity index (χ2v) is 4.59. The Kier molecular flexibility index (Phi) is 4.46. The van der Waals surface area contributed by atoms with Crippen LogP contribution >= 0.6 is 11.3 Å². The summed E-state index contributed by atoms with van der Waals surface area (Å²) in [6, 6.07) is 1.93. The molecule has 0 aliphatic heterocycles. The lowest BCUT2D eigenvalue weighted by atomic mass is 10.3. The van der Waals surface area contributed by atoms with E-state index in [1.807, 2.05) is 25.4 Å². The van der Waals surface area contributed by atoms with Crippen molar-refractivity contribution < 1.29 is 0 Å². The maximum Gasteiger partial charge on any atom is 0.131 e. The van der Waals surface area contributed by atoms with Crippen molar-refractivity contribution in [3.05, 3.63) is 28.5 Å². The molecule has 0 aromatic carbocycles. The van der Waals surface area contributed by atoms with Crippen molar-refractivity contribution >= 4 is 23.0 Å². The third-order valence-corrected chi connectivity index (χ3v) is 3.00. The topological polar surface area (TPSA) is 62.7 Å². The maximum atomic E-state index is 4.35. The van der Waals surface area contributed by atoms with Crippen molar-refractivity contribution in [3.63, 3.8) is 0 Å². The fourth-order valence-corrected chi connectivity index (χ4v) is 2.20. The Balaban J connectivity index is 1.92. The van der Waals surface area contributed by atoms with Crippen molar-refractivity contribution in [3.8, 4) is 0 Å². The molecule has 0 aliphatic carbocycles. The molecule has 0 unspecified atom stereocenters. The summed E-state index contributed by atoms with van der Waals surface area (Å²) in [6.07, 6.45) is 0.906. The Bertz CT molecular complexity index is 483. The standard InChI is InChI=1S/C12H17N5S/c1-3-13-11-6-12(17-9(2)16-11)14-5-4-10-7-18-8-15-10/h6-8H,3-5H2,1-2H3,(H2,13,14,16,17). The predicted molar refractivity (Wildman–Crippen MR) is 75.2 cm³/mol. The fraction of sp³-hybridized carbons (Fsp3) is 0.417. The molecule has 18 heavy (non-hydrogen) atoms. The van der Waals surface area contributed by atoms with Gasteiger partial charge in [-0.15, -0.1) is 11.3 Å². The Morgan fingerprint density at radius 3 is 2.67 bits per heavy atom. The maximum absolute atomic E-state index is 4.35. The zero-order valence-corrected chi connectivity index (χ0v) is 11.4. The van der Waals surface area contributed by atoms with Crippen molar-refractivity contribution in [2.24, 2.45) is 0 Å². The highest BCUT2D eigenvalue weighted by molar-refractivity contribution is 7.07. The van der Waals surface area contributed by atoms with E-state index in [1.165, 1.54) is 0 Å². The molecule has 0 saturated carbocycles. The van der Waals surface area contributed by atoms with Crippen LogP contribution in [0.15, 0.2) is 17.0 Å². The normalized spacial score (nSPS) is 10.3. The lowest BCUT2D eigenvalue weighted by Crippen LogP contribution is -2.09. The van der Waals surface area contributed by atoms with Crippen LogP contribution < -0.4 is 10.6 Å². The van der Waals surface area contributed by atoms with E-state index in [4.69, 9.17) is 0 Å². The Hall–Kier alpha value is -1.69. The SMILES string of the molecule is CCNc1cc(NCCc2cscn2)nc(C)n1. The molecule has 2 heterocycles. The zero-order valence-electron chi connectivity index (χ0n) is 10.6. The van der Waals surface area contributed by atoms with Gasteiger partial charge in [-0.05, 0) is 13.8 Å². The molecule has 0 atom stereocenters. The van der Waals surface area contributed by atoms with Gasteiger partial charge in [-0.1, -0.05) is 0 Å². The van der Waals surface area contributed by atoms with Gasteiger partial charge >= 0.3 is 0 Å². The van der Waals surface area contributed by atoms with Gasteiger partial charge in [-0.3, -0.25) is 0 Å². The lowest BCUT2D eigenvalue weighted by Gasteiger charge is -2.08. The predicted octanol–water partition coefficient (Wildman–Crippen LogP) is 2.33. The van der Waals surface area contributed by atoms with Gasteiger partial charge in [0, 0.05) is 31.0 Å². The van der Waals surface area contributed by atoms with E-state index in [-0.39, 0.29) is 0 Å². The van der Waals surface area contributed by atoms with E-state index in [2.05, 4.69) is 31.0 Å². The van der Waals surface area contributed by atoms with Crippen LogP contribution in [-0.2, 0) is 6.42 Å². The monoisotopic (exact) mass is 263 g/mol. The summed E-state index contributed by atoms with van der Waals surface area (Å²) in [5.41, 5.74) is 2.97. The van der Waals surface area contributed by atoms with Gasteiger partial charge in [-0.2, -0.15) is 0 Å². The van der Waals surface area contributed by atoms with Crippen molar-refractivity contribution in [2.75, 3.05) is 23.7 Å². The van der Waals surface area contributed by atoms with Gasteiger partial charge in [0.15, 0.2) is 0 Å². The van der Waals surface area contributed by atoms with Crippen LogP contribution in [0.4, 0.5) is 11.6 Å². The summed E-state index contributed by atoms with van der Waals surface area (Å²) in [4.78, 5) is 12.9. The van der Waals surface area contributed by atoms with E-state index in [0.29, 0.717) is 0 Å². The third kappa shape index (κ3) is 3.66. The molecule has 2 rings (SSSR count). The molecule has 0 saturated heterocycles. The fourth-order valence-electron chi connectivity index (χ4n) is 1.61. The van der Waals surface area contributed by atoms with Gasteiger partial charge in [0.1, 0.15) is 17.5 Å². The second-order valence-electron chi connectivity index (χ2n) is 3.87. The highest BCUT2D eigenvalue weighted by Gasteiger charge is 2.01. The smallest absolute Gasteiger partial charge is 0.131 e. The number of aryl methyl sites for hydroxylation is 1. The number of rotatable bonds is 6. The van der Waals surface area contributed by atoms with Gasteiger partial charge in [0.2, 0.25) is 0 Å². The van der Waals surface area contributed by atoms with Crippen LogP contribution in [0.5, 0.6) is 0 Å². The number of anilines is 2. The first-order chi connectivity index (χ1) is 8.78. The van der Waals surface area contributed by atoms with Crippen molar-refractivity contribution in [2.45, 2.75) is 20.3 Å². The Labute approximate surface area is 111 Å². The highest BCUT2D eigenvalue weighted by atomic mass is 32.1. The third-order valence-electron chi connectivity index (χ3n) is 2.37. The van der Waals surface area contributed by atoms with Gasteiger partial charge in [0.25, 0.3) is 0 Å². The average Bonchev–Trinajstić information content (AvgIpc) is 2.82. The van der Waals surface area contributed by atoms with Gasteiger partial charge in [0.05, 0.1) is 11.2 Å². The molecular weight excluding hydrogens is 246 g/mol. The Morgan fingerprint density at radius 2 is 2.00 bits per heavy atom. The van der Waals surface area contributed by atoms with E-state index in [9.17, 15) is 0 Å². The number of aromatic nitrogens is 3. The molecule has 96 valence electrons. The summed E-state index contributed by atoms with van der Waals surface area (Å²) in [6.45, 7) is 5.62. The Morgan fingerprint density at radius 1 is 1.22 bits per heavy atom. The first-order valence-electron chi connectivity index (χ1n) is 5.98. The first kappa shape index (κ1) is 12.8. The molecule has 0 aliphatic rings. The summed E-state index contributed by atoms with van der Waals surface area (Å²) >= 11 is 1.62. The molecule has 6 heteroatoms. The minimum absolute atomic E-state index is 0.768. The summed E-state index contributed by atoms with van der Waals surface area (Å²) in [5.74, 6) is 2.49. The van der Waals surface area contributed by atoms with E-state index in [1.54, 1.807) is 11.3 Å². The molecular formula is C12H17N5S. The molecule has 2 aromatic rings. The highest BCUT2D eigenvalue weighted by Crippen LogP contribution is 2.11. The van der Waals surface area contributed by atoms with Crippen LogP contribution in [0.1, 0.15) is 18.4 Å². The summed E-state index contributed by atoms with van der Waals surface area (Å²) < 4.78 is 0. The largest absolute Gasteiger partial charge is 0.370 e. The van der Waals surface area contributed by atoms with Gasteiger partial charge in [-0.25, -0.2) is 15.0 Å². The van der Waals surface area contributed by atoms with E-state index >= 15 is 0 Å². The summed E-state index contributed by atoms with van der Waals surface area (Å²) in [7, 11) is 0. The van der Waals surface area contributed by atoms with Gasteiger partial charge < -0.3 is 10.6 Å². The van der Waals surface area contributed by atoms with E-state index < -0.39 is 0 Å². The van der Waals surface area contributed by atoms with Crippen LogP contribution in [0.25, 0.3) is 0 Å². The second kappa shape index (κ2) is 6.30. The molecule has 2 N–H and O–H groups in total.